The first-order valence-electron chi connectivity index (χ1n) is 4.72. The fourth-order valence-electron chi connectivity index (χ4n) is 1.45. The van der Waals surface area contributed by atoms with Gasteiger partial charge in [-0.15, -0.1) is 0 Å². The number of halogens is 2. The molecule has 0 bridgehead atoms. The van der Waals surface area contributed by atoms with E-state index in [9.17, 15) is 0 Å². The molecule has 0 saturated carbocycles. The fourth-order valence-corrected chi connectivity index (χ4v) is 2.99. The molecule has 0 aromatic heterocycles. The molecule has 0 aliphatic carbocycles. The van der Waals surface area contributed by atoms with Crippen LogP contribution in [0.15, 0.2) is 60.7 Å². The molecule has 0 aliphatic rings. The van der Waals surface area contributed by atoms with Crippen molar-refractivity contribution < 1.29 is 45.2 Å². The average Bonchev–Trinajstić information content (AvgIpc) is 2.30. The maximum absolute atomic E-state index is 2.31. The third-order valence-electron chi connectivity index (χ3n) is 2.29. The normalized spacial score (nSPS) is 8.59. The van der Waals surface area contributed by atoms with Gasteiger partial charge in [0.15, 0.2) is 0 Å². The number of benzene rings is 2. The molecule has 2 aromatic carbocycles. The van der Waals surface area contributed by atoms with E-state index in [1.165, 1.54) is 10.6 Å². The van der Waals surface area contributed by atoms with Crippen molar-refractivity contribution in [2.24, 2.45) is 0 Å². The zero-order valence-corrected chi connectivity index (χ0v) is 13.3. The third-order valence-corrected chi connectivity index (χ3v) is 4.43. The van der Waals surface area contributed by atoms with Gasteiger partial charge in [0.25, 0.3) is 0 Å². The second-order valence-corrected chi connectivity index (χ2v) is 5.38. The Bertz CT molecular complexity index is 355. The molecule has 0 radical (unpaired) electrons. The van der Waals surface area contributed by atoms with Crippen LogP contribution in [0.3, 0.4) is 0 Å². The van der Waals surface area contributed by atoms with Gasteiger partial charge in [0.1, 0.15) is 0 Å². The van der Waals surface area contributed by atoms with Gasteiger partial charge in [-0.3, -0.25) is 0 Å². The molecule has 0 heterocycles. The van der Waals surface area contributed by atoms with Gasteiger partial charge in [0, 0.05) is 0 Å². The molecule has 0 aliphatic heterocycles. The molecule has 0 amide bonds. The number of rotatable bonds is 2. The summed E-state index contributed by atoms with van der Waals surface area (Å²) >= 11 is 0. The van der Waals surface area contributed by atoms with E-state index in [2.05, 4.69) is 67.3 Å². The Morgan fingerprint density at radius 3 is 1.24 bits per heavy atom. The summed E-state index contributed by atoms with van der Waals surface area (Å²) < 4.78 is 0. The Balaban J connectivity index is 0. The van der Waals surface area contributed by atoms with Crippen molar-refractivity contribution in [1.29, 1.82) is 0 Å². The van der Waals surface area contributed by atoms with Crippen LogP contribution >= 0.6 is 7.92 Å². The van der Waals surface area contributed by atoms with Crippen LogP contribution in [0.1, 0.15) is 0 Å². The van der Waals surface area contributed by atoms with Gasteiger partial charge in [0.2, 0.25) is 0 Å². The summed E-state index contributed by atoms with van der Waals surface area (Å²) in [6, 6.07) is 21.4. The molecule has 94 valence electrons. The van der Waals surface area contributed by atoms with Crippen molar-refractivity contribution in [2.45, 2.75) is 0 Å². The minimum atomic E-state index is -0.171. The van der Waals surface area contributed by atoms with E-state index in [0.717, 1.165) is 0 Å². The van der Waals surface area contributed by atoms with Crippen molar-refractivity contribution in [3.05, 3.63) is 60.7 Å². The summed E-state index contributed by atoms with van der Waals surface area (Å²) in [5.74, 6) is 0. The van der Waals surface area contributed by atoms with Crippen molar-refractivity contribution in [1.82, 2.24) is 0 Å². The van der Waals surface area contributed by atoms with Gasteiger partial charge >= 0.3 is 20.4 Å². The van der Waals surface area contributed by atoms with Crippen LogP contribution in [-0.2, 0) is 20.4 Å². The minimum Gasteiger partial charge on any atom is -1.00 e. The Labute approximate surface area is 130 Å². The van der Waals surface area contributed by atoms with Crippen LogP contribution in [0.2, 0.25) is 0 Å². The van der Waals surface area contributed by atoms with Gasteiger partial charge in [-0.1, -0.05) is 60.7 Å². The number of hydrogen-bond acceptors (Lipinski definition) is 0. The third kappa shape index (κ3) is 5.52. The Morgan fingerprint density at radius 2 is 0.941 bits per heavy atom. The van der Waals surface area contributed by atoms with E-state index in [1.807, 2.05) is 0 Å². The van der Waals surface area contributed by atoms with E-state index in [0.29, 0.717) is 0 Å². The molecule has 4 heteroatoms. The standard InChI is InChI=1S/C13H13P.2ClH.Pd/c1-14(12-8-4-2-5-9-12)13-10-6-3-7-11-13;;;/h2-11H,1H3;2*1H;/q;;;+2/p-2. The molecule has 0 saturated heterocycles. The first-order chi connectivity index (χ1) is 6.88. The molecule has 2 aromatic rings. The number of hydrogen-bond donors (Lipinski definition) is 0. The van der Waals surface area contributed by atoms with E-state index >= 15 is 0 Å². The van der Waals surface area contributed by atoms with Crippen LogP contribution in [0.5, 0.6) is 0 Å². The van der Waals surface area contributed by atoms with Crippen molar-refractivity contribution in [3.63, 3.8) is 0 Å². The summed E-state index contributed by atoms with van der Waals surface area (Å²) in [6.07, 6.45) is 0. The van der Waals surface area contributed by atoms with E-state index in [4.69, 9.17) is 0 Å². The van der Waals surface area contributed by atoms with Gasteiger partial charge in [-0.2, -0.15) is 0 Å². The van der Waals surface area contributed by atoms with Crippen LogP contribution in [0, 0.1) is 0 Å². The molecule has 17 heavy (non-hydrogen) atoms. The zero-order chi connectivity index (χ0) is 9.80. The fraction of sp³-hybridized carbons (Fsp3) is 0.0769. The smallest absolute Gasteiger partial charge is 1.00 e. The van der Waals surface area contributed by atoms with Gasteiger partial charge in [0.05, 0.1) is 0 Å². The van der Waals surface area contributed by atoms with Gasteiger partial charge < -0.3 is 24.8 Å². The van der Waals surface area contributed by atoms with E-state index in [1.54, 1.807) is 0 Å². The molecule has 0 N–H and O–H groups in total. The molecule has 0 atom stereocenters. The van der Waals surface area contributed by atoms with E-state index in [-0.39, 0.29) is 53.2 Å². The summed E-state index contributed by atoms with van der Waals surface area (Å²) in [5, 5.41) is 2.88. The topological polar surface area (TPSA) is 0 Å². The van der Waals surface area contributed by atoms with Crippen LogP contribution in [0.4, 0.5) is 0 Å². The van der Waals surface area contributed by atoms with E-state index < -0.39 is 0 Å². The largest absolute Gasteiger partial charge is 2.00 e. The Morgan fingerprint density at radius 1 is 0.647 bits per heavy atom. The molecule has 0 fully saturated rings. The molecule has 2 rings (SSSR count). The summed E-state index contributed by atoms with van der Waals surface area (Å²) in [4.78, 5) is 0. The van der Waals surface area contributed by atoms with Crippen molar-refractivity contribution in [3.8, 4) is 0 Å². The predicted octanol–water partition coefficient (Wildman–Crippen LogP) is -3.25. The Kier molecular flexibility index (Phi) is 11.5. The summed E-state index contributed by atoms with van der Waals surface area (Å²) in [6.45, 7) is 2.31. The summed E-state index contributed by atoms with van der Waals surface area (Å²) in [7, 11) is -0.171. The first-order valence-corrected chi connectivity index (χ1v) is 6.50. The second-order valence-electron chi connectivity index (χ2n) is 3.23. The molecule has 0 spiro atoms. The quantitative estimate of drug-likeness (QED) is 0.381. The summed E-state index contributed by atoms with van der Waals surface area (Å²) in [5.41, 5.74) is 0. The maximum atomic E-state index is 2.31. The predicted molar refractivity (Wildman–Crippen MR) is 65.0 cm³/mol. The van der Waals surface area contributed by atoms with Gasteiger partial charge in [-0.25, -0.2) is 0 Å². The Hall–Kier alpha value is 0.112. The SMILES string of the molecule is CP(c1ccccc1)c1ccccc1.[Cl-].[Cl-].[Pd+2]. The minimum absolute atomic E-state index is 0. The van der Waals surface area contributed by atoms with Crippen LogP contribution < -0.4 is 35.4 Å². The second kappa shape index (κ2) is 10.1. The monoisotopic (exact) mass is 376 g/mol. The van der Waals surface area contributed by atoms with Crippen LogP contribution in [0.25, 0.3) is 0 Å². The first kappa shape index (κ1) is 19.5. The average molecular weight is 378 g/mol. The van der Waals surface area contributed by atoms with Gasteiger partial charge in [-0.05, 0) is 25.2 Å². The molecule has 0 nitrogen and oxygen atoms in total. The molecular formula is C13H13Cl2PPd. The maximum Gasteiger partial charge on any atom is 2.00 e. The van der Waals surface area contributed by atoms with Crippen molar-refractivity contribution >= 4 is 18.5 Å². The molecule has 0 unspecified atom stereocenters. The molecular weight excluding hydrogens is 364 g/mol. The van der Waals surface area contributed by atoms with Crippen LogP contribution in [-0.4, -0.2) is 6.66 Å². The zero-order valence-electron chi connectivity index (χ0n) is 9.29. The van der Waals surface area contributed by atoms with Crippen molar-refractivity contribution in [2.75, 3.05) is 6.66 Å².